The van der Waals surface area contributed by atoms with Gasteiger partial charge in [0, 0.05) is 5.56 Å². The van der Waals surface area contributed by atoms with Crippen LogP contribution in [0.25, 0.3) is 6.08 Å². The fourth-order valence-corrected chi connectivity index (χ4v) is 2.87. The Labute approximate surface area is 172 Å². The van der Waals surface area contributed by atoms with Gasteiger partial charge in [0.05, 0.1) is 13.4 Å². The minimum Gasteiger partial charge on any atom is -0.493 e. The Kier molecular flexibility index (Phi) is 5.17. The Morgan fingerprint density at radius 1 is 1.07 bits per heavy atom. The van der Waals surface area contributed by atoms with Crippen LogP contribution in [0.3, 0.4) is 0 Å². The second-order valence-corrected chi connectivity index (χ2v) is 6.48. The normalized spacial score (nSPS) is 14.4. The van der Waals surface area contributed by atoms with Gasteiger partial charge < -0.3 is 18.6 Å². The predicted molar refractivity (Wildman–Crippen MR) is 108 cm³/mol. The number of nitrogens with zero attached hydrogens (tertiary/aromatic N) is 1. The summed E-state index contributed by atoms with van der Waals surface area (Å²) >= 11 is 0. The number of benzene rings is 2. The number of furan rings is 1. The van der Waals surface area contributed by atoms with Crippen LogP contribution in [0.2, 0.25) is 0 Å². The summed E-state index contributed by atoms with van der Waals surface area (Å²) in [6.07, 6.45) is 2.96. The molecule has 7 nitrogen and oxygen atoms in total. The van der Waals surface area contributed by atoms with Crippen LogP contribution < -0.4 is 9.47 Å². The molecule has 4 rings (SSSR count). The molecule has 0 N–H and O–H groups in total. The van der Waals surface area contributed by atoms with Crippen molar-refractivity contribution in [2.75, 3.05) is 7.11 Å². The van der Waals surface area contributed by atoms with Gasteiger partial charge >= 0.3 is 11.9 Å². The molecule has 1 aliphatic heterocycles. The number of aryl methyl sites for hydroxylation is 1. The first-order valence-corrected chi connectivity index (χ1v) is 9.07. The maximum Gasteiger partial charge on any atom is 0.379 e. The number of carbonyl (C=O) groups is 2. The van der Waals surface area contributed by atoms with Crippen molar-refractivity contribution in [3.05, 3.63) is 89.0 Å². The van der Waals surface area contributed by atoms with Gasteiger partial charge in [0.25, 0.3) is 0 Å². The summed E-state index contributed by atoms with van der Waals surface area (Å²) in [6.45, 7) is 1.95. The summed E-state index contributed by atoms with van der Waals surface area (Å²) in [7, 11) is 1.45. The molecule has 30 heavy (non-hydrogen) atoms. The van der Waals surface area contributed by atoms with Crippen molar-refractivity contribution in [2.24, 2.45) is 4.99 Å². The number of rotatable bonds is 5. The van der Waals surface area contributed by atoms with Crippen LogP contribution in [-0.4, -0.2) is 24.9 Å². The van der Waals surface area contributed by atoms with Gasteiger partial charge in [-0.15, -0.1) is 0 Å². The van der Waals surface area contributed by atoms with Crippen LogP contribution in [-0.2, 0) is 9.53 Å². The number of carbonyl (C=O) groups excluding carboxylic acids is 2. The lowest BCUT2D eigenvalue weighted by molar-refractivity contribution is -0.129. The highest BCUT2D eigenvalue weighted by Gasteiger charge is 2.24. The van der Waals surface area contributed by atoms with E-state index in [1.54, 1.807) is 30.3 Å². The van der Waals surface area contributed by atoms with Gasteiger partial charge in [0.2, 0.25) is 11.7 Å². The molecule has 150 valence electrons. The minimum atomic E-state index is -0.642. The van der Waals surface area contributed by atoms with Crippen LogP contribution in [0.1, 0.15) is 27.2 Å². The van der Waals surface area contributed by atoms with E-state index < -0.39 is 11.9 Å². The lowest BCUT2D eigenvalue weighted by atomic mass is 10.1. The van der Waals surface area contributed by atoms with E-state index in [1.165, 1.54) is 19.4 Å². The van der Waals surface area contributed by atoms with Gasteiger partial charge in [0.15, 0.2) is 17.2 Å². The van der Waals surface area contributed by atoms with Crippen molar-refractivity contribution < 1.29 is 28.2 Å². The second kappa shape index (κ2) is 8.08. The molecular weight excluding hydrogens is 386 g/mol. The summed E-state index contributed by atoms with van der Waals surface area (Å²) < 4.78 is 20.9. The molecule has 0 bridgehead atoms. The Balaban J connectivity index is 1.59. The maximum atomic E-state index is 12.2. The van der Waals surface area contributed by atoms with Gasteiger partial charge in [0.1, 0.15) is 0 Å². The first-order chi connectivity index (χ1) is 14.5. The minimum absolute atomic E-state index is 0.0787. The third-order valence-corrected chi connectivity index (χ3v) is 4.30. The van der Waals surface area contributed by atoms with E-state index in [0.717, 1.165) is 11.1 Å². The monoisotopic (exact) mass is 403 g/mol. The van der Waals surface area contributed by atoms with E-state index in [4.69, 9.17) is 18.6 Å². The lowest BCUT2D eigenvalue weighted by Gasteiger charge is -2.09. The van der Waals surface area contributed by atoms with E-state index >= 15 is 0 Å². The molecular formula is C23H17NO6. The molecule has 1 aromatic heterocycles. The molecule has 7 heteroatoms. The van der Waals surface area contributed by atoms with Crippen molar-refractivity contribution in [2.45, 2.75) is 6.92 Å². The molecule has 0 amide bonds. The molecule has 0 saturated heterocycles. The average molecular weight is 403 g/mol. The predicted octanol–water partition coefficient (Wildman–Crippen LogP) is 4.16. The molecule has 2 heterocycles. The Hall–Kier alpha value is -4.13. The number of esters is 2. The summed E-state index contributed by atoms with van der Waals surface area (Å²) in [6, 6.07) is 15.5. The maximum absolute atomic E-state index is 12.2. The highest BCUT2D eigenvalue weighted by molar-refractivity contribution is 6.12. The van der Waals surface area contributed by atoms with Gasteiger partial charge in [-0.05, 0) is 55.0 Å². The summed E-state index contributed by atoms with van der Waals surface area (Å²) in [5.74, 6) is -0.312. The van der Waals surface area contributed by atoms with Crippen LogP contribution >= 0.6 is 0 Å². The van der Waals surface area contributed by atoms with Crippen LogP contribution in [0.15, 0.2) is 76.0 Å². The highest BCUT2D eigenvalue weighted by atomic mass is 16.6. The van der Waals surface area contributed by atoms with Crippen molar-refractivity contribution in [3.8, 4) is 11.5 Å². The SMILES string of the molecule is COc1cc(/C=C2/N=C(c3cccc(C)c3)OC2=O)ccc1OC(=O)c1ccco1. The zero-order chi connectivity index (χ0) is 21.1. The van der Waals surface area contributed by atoms with Gasteiger partial charge in [-0.25, -0.2) is 14.6 Å². The Morgan fingerprint density at radius 3 is 2.67 bits per heavy atom. The number of aliphatic imine (C=N–C) groups is 1. The first kappa shape index (κ1) is 19.2. The van der Waals surface area contributed by atoms with Gasteiger partial charge in [-0.1, -0.05) is 23.8 Å². The van der Waals surface area contributed by atoms with E-state index in [-0.39, 0.29) is 23.1 Å². The number of hydrogen-bond donors (Lipinski definition) is 0. The fraction of sp³-hybridized carbons (Fsp3) is 0.0870. The van der Waals surface area contributed by atoms with Gasteiger partial charge in [-0.3, -0.25) is 0 Å². The Morgan fingerprint density at radius 2 is 1.93 bits per heavy atom. The van der Waals surface area contributed by atoms with Crippen molar-refractivity contribution in [1.29, 1.82) is 0 Å². The molecule has 0 aliphatic carbocycles. The standard InChI is InChI=1S/C23H17NO6/c1-14-5-3-6-16(11-14)21-24-17(22(25)30-21)12-15-8-9-18(20(13-15)27-2)29-23(26)19-7-4-10-28-19/h3-13H,1-2H3/b17-12+. The van der Waals surface area contributed by atoms with Crippen molar-refractivity contribution in [3.63, 3.8) is 0 Å². The van der Waals surface area contributed by atoms with Crippen molar-refractivity contribution in [1.82, 2.24) is 0 Å². The number of ether oxygens (including phenoxy) is 3. The molecule has 0 radical (unpaired) electrons. The van der Waals surface area contributed by atoms with Crippen LogP contribution in [0, 0.1) is 6.92 Å². The third kappa shape index (κ3) is 4.00. The van der Waals surface area contributed by atoms with Crippen LogP contribution in [0.4, 0.5) is 0 Å². The van der Waals surface area contributed by atoms with E-state index in [9.17, 15) is 9.59 Å². The number of hydrogen-bond acceptors (Lipinski definition) is 7. The van der Waals surface area contributed by atoms with Gasteiger partial charge in [-0.2, -0.15) is 0 Å². The topological polar surface area (TPSA) is 87.3 Å². The van der Waals surface area contributed by atoms with Crippen LogP contribution in [0.5, 0.6) is 11.5 Å². The second-order valence-electron chi connectivity index (χ2n) is 6.48. The summed E-state index contributed by atoms with van der Waals surface area (Å²) in [5, 5.41) is 0. The molecule has 0 fully saturated rings. The third-order valence-electron chi connectivity index (χ3n) is 4.30. The quantitative estimate of drug-likeness (QED) is 0.361. The number of methoxy groups -OCH3 is 1. The van der Waals surface area contributed by atoms with Crippen molar-refractivity contribution >= 4 is 23.9 Å². The largest absolute Gasteiger partial charge is 0.493 e. The summed E-state index contributed by atoms with van der Waals surface area (Å²) in [4.78, 5) is 28.6. The number of cyclic esters (lactones) is 1. The molecule has 0 spiro atoms. The molecule has 0 atom stereocenters. The zero-order valence-electron chi connectivity index (χ0n) is 16.2. The van der Waals surface area contributed by atoms with E-state index in [0.29, 0.717) is 11.3 Å². The van der Waals surface area contributed by atoms with E-state index in [1.807, 2.05) is 31.2 Å². The fourth-order valence-electron chi connectivity index (χ4n) is 2.87. The highest BCUT2D eigenvalue weighted by Crippen LogP contribution is 2.30. The average Bonchev–Trinajstić information content (AvgIpc) is 3.40. The zero-order valence-corrected chi connectivity index (χ0v) is 16.2. The first-order valence-electron chi connectivity index (χ1n) is 9.07. The lowest BCUT2D eigenvalue weighted by Crippen LogP contribution is -2.08. The Bertz CT molecular complexity index is 1170. The molecule has 3 aromatic rings. The summed E-state index contributed by atoms with van der Waals surface area (Å²) in [5.41, 5.74) is 2.55. The molecule has 0 saturated carbocycles. The molecule has 0 unspecified atom stereocenters. The molecule has 1 aliphatic rings. The van der Waals surface area contributed by atoms with E-state index in [2.05, 4.69) is 4.99 Å². The molecule has 2 aromatic carbocycles. The smallest absolute Gasteiger partial charge is 0.379 e.